The molecule has 0 amide bonds. The second-order valence-corrected chi connectivity index (χ2v) is 17.5. The molecule has 1 aliphatic carbocycles. The SMILES string of the molecule is c1cc(-c2ccc(C3(c4ccc(-c5ccc(-c6c7ccccc7cc7ccccc67)cc5)cc4)c4ccccc4-c4ccccc43)cc2)cc(-c2c3ccccc3cc3ccccc23)c1. The maximum absolute atomic E-state index is 2.37. The van der Waals surface area contributed by atoms with Crippen LogP contribution >= 0.6 is 0 Å². The first-order chi connectivity index (χ1) is 32.2. The third kappa shape index (κ3) is 5.84. The molecule has 0 saturated carbocycles. The van der Waals surface area contributed by atoms with Gasteiger partial charge in [-0.15, -0.1) is 0 Å². The number of hydrogen-bond donors (Lipinski definition) is 0. The third-order valence-corrected chi connectivity index (χ3v) is 14.1. The number of rotatable bonds is 6. The topological polar surface area (TPSA) is 0 Å². The summed E-state index contributed by atoms with van der Waals surface area (Å²) < 4.78 is 0. The molecule has 0 aromatic heterocycles. The maximum atomic E-state index is 2.37. The van der Waals surface area contributed by atoms with Crippen molar-refractivity contribution < 1.29 is 0 Å². The molecule has 0 heterocycles. The molecule has 0 radical (unpaired) electrons. The van der Waals surface area contributed by atoms with Crippen LogP contribution in [0.2, 0.25) is 0 Å². The van der Waals surface area contributed by atoms with Crippen molar-refractivity contribution in [2.45, 2.75) is 5.41 Å². The average molecular weight is 823 g/mol. The molecule has 0 bridgehead atoms. The van der Waals surface area contributed by atoms with E-state index in [4.69, 9.17) is 0 Å². The molecule has 0 atom stereocenters. The third-order valence-electron chi connectivity index (χ3n) is 14.1. The van der Waals surface area contributed by atoms with Gasteiger partial charge in [-0.2, -0.15) is 0 Å². The van der Waals surface area contributed by atoms with Crippen LogP contribution in [-0.2, 0) is 5.41 Å². The first-order valence-corrected chi connectivity index (χ1v) is 22.7. The van der Waals surface area contributed by atoms with Crippen molar-refractivity contribution in [3.8, 4) is 55.6 Å². The Bertz CT molecular complexity index is 3640. The summed E-state index contributed by atoms with van der Waals surface area (Å²) >= 11 is 0. The Kier molecular flexibility index (Phi) is 8.54. The van der Waals surface area contributed by atoms with Gasteiger partial charge in [0.25, 0.3) is 0 Å². The lowest BCUT2D eigenvalue weighted by Crippen LogP contribution is -2.28. The van der Waals surface area contributed by atoms with Crippen molar-refractivity contribution in [1.29, 1.82) is 0 Å². The fourth-order valence-corrected chi connectivity index (χ4v) is 11.2. The Morgan fingerprint density at radius 1 is 0.215 bits per heavy atom. The quantitative estimate of drug-likeness (QED) is 0.147. The van der Waals surface area contributed by atoms with Crippen LogP contribution < -0.4 is 0 Å². The van der Waals surface area contributed by atoms with Gasteiger partial charge in [-0.25, -0.2) is 0 Å². The molecule has 0 heteroatoms. The molecule has 13 rings (SSSR count). The highest BCUT2D eigenvalue weighted by atomic mass is 14.5. The molecule has 1 aliphatic rings. The van der Waals surface area contributed by atoms with E-state index in [0.717, 1.165) is 0 Å². The maximum Gasteiger partial charge on any atom is 0.0713 e. The molecule has 0 spiro atoms. The van der Waals surface area contributed by atoms with E-state index in [0.29, 0.717) is 0 Å². The van der Waals surface area contributed by atoms with Gasteiger partial charge in [0.15, 0.2) is 0 Å². The van der Waals surface area contributed by atoms with Gasteiger partial charge in [-0.1, -0.05) is 237 Å². The molecule has 0 aliphatic heterocycles. The summed E-state index contributed by atoms with van der Waals surface area (Å²) in [5.74, 6) is 0. The summed E-state index contributed by atoms with van der Waals surface area (Å²) in [5, 5.41) is 10.2. The average Bonchev–Trinajstić information content (AvgIpc) is 3.68. The lowest BCUT2D eigenvalue weighted by molar-refractivity contribution is 0.769. The fraction of sp³-hybridized carbons (Fsp3) is 0.0154. The molecule has 302 valence electrons. The molecule has 0 N–H and O–H groups in total. The van der Waals surface area contributed by atoms with Gasteiger partial charge in [0.2, 0.25) is 0 Å². The van der Waals surface area contributed by atoms with E-state index < -0.39 is 5.41 Å². The summed E-state index contributed by atoms with van der Waals surface area (Å²) in [6.45, 7) is 0. The predicted molar refractivity (Wildman–Crippen MR) is 276 cm³/mol. The summed E-state index contributed by atoms with van der Waals surface area (Å²) in [4.78, 5) is 0. The summed E-state index contributed by atoms with van der Waals surface area (Å²) in [6.07, 6.45) is 0. The molecule has 0 saturated heterocycles. The van der Waals surface area contributed by atoms with E-state index in [1.54, 1.807) is 0 Å². The Morgan fingerprint density at radius 2 is 0.554 bits per heavy atom. The second-order valence-electron chi connectivity index (χ2n) is 17.5. The van der Waals surface area contributed by atoms with Crippen molar-refractivity contribution >= 4 is 43.1 Å². The summed E-state index contributed by atoms with van der Waals surface area (Å²) in [7, 11) is 0. The molecule has 12 aromatic carbocycles. The van der Waals surface area contributed by atoms with E-state index in [1.807, 2.05) is 0 Å². The second kappa shape index (κ2) is 14.9. The monoisotopic (exact) mass is 822 g/mol. The number of benzene rings is 12. The molecule has 12 aromatic rings. The van der Waals surface area contributed by atoms with Gasteiger partial charge in [0.05, 0.1) is 5.41 Å². The Labute approximate surface area is 379 Å². The Morgan fingerprint density at radius 3 is 1.02 bits per heavy atom. The smallest absolute Gasteiger partial charge is 0.0619 e. The lowest BCUT2D eigenvalue weighted by Gasteiger charge is -2.34. The van der Waals surface area contributed by atoms with Crippen LogP contribution in [0.15, 0.2) is 255 Å². The van der Waals surface area contributed by atoms with Crippen LogP contribution in [-0.4, -0.2) is 0 Å². The van der Waals surface area contributed by atoms with Gasteiger partial charge in [-0.3, -0.25) is 0 Å². The largest absolute Gasteiger partial charge is 0.0713 e. The van der Waals surface area contributed by atoms with Crippen LogP contribution in [0.25, 0.3) is 98.7 Å². The van der Waals surface area contributed by atoms with Crippen molar-refractivity contribution in [2.24, 2.45) is 0 Å². The lowest BCUT2D eigenvalue weighted by atomic mass is 9.67. The molecular formula is C65H42. The summed E-state index contributed by atoms with van der Waals surface area (Å²) in [6, 6.07) is 94.7. The Balaban J connectivity index is 0.903. The van der Waals surface area contributed by atoms with Crippen molar-refractivity contribution in [1.82, 2.24) is 0 Å². The van der Waals surface area contributed by atoms with Crippen LogP contribution in [0.4, 0.5) is 0 Å². The molecule has 0 nitrogen and oxygen atoms in total. The van der Waals surface area contributed by atoms with E-state index in [1.165, 1.54) is 121 Å². The van der Waals surface area contributed by atoms with E-state index in [-0.39, 0.29) is 0 Å². The molecule has 65 heavy (non-hydrogen) atoms. The van der Waals surface area contributed by atoms with Gasteiger partial charge < -0.3 is 0 Å². The minimum absolute atomic E-state index is 0.493. The highest BCUT2D eigenvalue weighted by Crippen LogP contribution is 2.56. The van der Waals surface area contributed by atoms with Crippen molar-refractivity contribution in [3.05, 3.63) is 277 Å². The Hall–Kier alpha value is -8.32. The zero-order chi connectivity index (χ0) is 42.9. The van der Waals surface area contributed by atoms with Gasteiger partial charge in [0, 0.05) is 0 Å². The summed E-state index contributed by atoms with van der Waals surface area (Å²) in [5.41, 5.74) is 17.1. The zero-order valence-corrected chi connectivity index (χ0v) is 35.7. The molecular weight excluding hydrogens is 781 g/mol. The first kappa shape index (κ1) is 37.3. The first-order valence-electron chi connectivity index (χ1n) is 22.7. The van der Waals surface area contributed by atoms with Gasteiger partial charge >= 0.3 is 0 Å². The van der Waals surface area contributed by atoms with Crippen LogP contribution in [0.3, 0.4) is 0 Å². The minimum Gasteiger partial charge on any atom is -0.0619 e. The van der Waals surface area contributed by atoms with E-state index >= 15 is 0 Å². The fourth-order valence-electron chi connectivity index (χ4n) is 11.2. The van der Waals surface area contributed by atoms with E-state index in [2.05, 4.69) is 255 Å². The normalized spacial score (nSPS) is 12.7. The standard InChI is InChI=1S/C65H42/c1-5-20-55-48(14-1)41-49-15-2-6-21-56(49)63(55)46-30-28-43(29-31-46)44-32-36-53(37-33-44)65(61-26-11-9-24-59(61)60-25-10-12-27-62(60)65)54-38-34-45(35-39-54)47-18-13-19-52(40-47)64-57-22-7-3-16-50(57)42-51-17-4-8-23-58(51)64/h1-42H. The van der Waals surface area contributed by atoms with Crippen molar-refractivity contribution in [3.63, 3.8) is 0 Å². The highest BCUT2D eigenvalue weighted by molar-refractivity contribution is 6.14. The van der Waals surface area contributed by atoms with Crippen LogP contribution in [0.1, 0.15) is 22.3 Å². The van der Waals surface area contributed by atoms with E-state index in [9.17, 15) is 0 Å². The minimum atomic E-state index is -0.493. The van der Waals surface area contributed by atoms with Gasteiger partial charge in [0.1, 0.15) is 0 Å². The zero-order valence-electron chi connectivity index (χ0n) is 35.7. The number of hydrogen-bond acceptors (Lipinski definition) is 0. The molecule has 0 unspecified atom stereocenters. The highest BCUT2D eigenvalue weighted by Gasteiger charge is 2.45. The van der Waals surface area contributed by atoms with Crippen molar-refractivity contribution in [2.75, 3.05) is 0 Å². The molecule has 0 fully saturated rings. The van der Waals surface area contributed by atoms with Crippen LogP contribution in [0.5, 0.6) is 0 Å². The predicted octanol–water partition coefficient (Wildman–Crippen LogP) is 17.3. The number of fused-ring (bicyclic) bond motifs is 7. The van der Waals surface area contributed by atoms with Crippen LogP contribution in [0, 0.1) is 0 Å². The van der Waals surface area contributed by atoms with Gasteiger partial charge in [-0.05, 0) is 139 Å².